The van der Waals surface area contributed by atoms with Gasteiger partial charge in [0.1, 0.15) is 0 Å². The lowest BCUT2D eigenvalue weighted by molar-refractivity contribution is 0.112. The Morgan fingerprint density at radius 1 is 1.41 bits per heavy atom. The third kappa shape index (κ3) is 3.56. The van der Waals surface area contributed by atoms with Gasteiger partial charge in [0.25, 0.3) is 7.41 Å². The minimum atomic E-state index is -1.95. The SMILES string of the molecule is CC(C)(C)[Si](C)(C)OC1CN([B]C=O)Cc2nc(C=O)sc21. The second kappa shape index (κ2) is 6.35. The highest BCUT2D eigenvalue weighted by molar-refractivity contribution is 7.13. The largest absolute Gasteiger partial charge is 0.408 e. The molecular weight excluding hydrogens is 315 g/mol. The fourth-order valence-corrected chi connectivity index (χ4v) is 4.43. The summed E-state index contributed by atoms with van der Waals surface area (Å²) in [6.07, 6.45) is 1.42. The number of hydrogen-bond donors (Lipinski definition) is 0. The van der Waals surface area contributed by atoms with Gasteiger partial charge in [0.2, 0.25) is 0 Å². The molecule has 5 nitrogen and oxygen atoms in total. The molecule has 1 aromatic rings. The highest BCUT2D eigenvalue weighted by Crippen LogP contribution is 2.42. The molecule has 0 aromatic carbocycles. The highest BCUT2D eigenvalue weighted by Gasteiger charge is 2.41. The maximum absolute atomic E-state index is 11.0. The summed E-state index contributed by atoms with van der Waals surface area (Å²) in [5.41, 5.74) is 0.847. The summed E-state index contributed by atoms with van der Waals surface area (Å²) < 4.78 is 6.52. The summed E-state index contributed by atoms with van der Waals surface area (Å²) in [7, 11) is -0.434. The van der Waals surface area contributed by atoms with E-state index in [2.05, 4.69) is 38.8 Å². The fourth-order valence-electron chi connectivity index (χ4n) is 2.17. The Hall–Kier alpha value is -0.828. The van der Waals surface area contributed by atoms with Crippen molar-refractivity contribution in [2.75, 3.05) is 6.54 Å². The lowest BCUT2D eigenvalue weighted by Gasteiger charge is -2.41. The Balaban J connectivity index is 2.31. The maximum Gasteiger partial charge on any atom is 0.293 e. The minimum Gasteiger partial charge on any atom is -0.408 e. The first kappa shape index (κ1) is 17.5. The smallest absolute Gasteiger partial charge is 0.293 e. The van der Waals surface area contributed by atoms with E-state index >= 15 is 0 Å². The highest BCUT2D eigenvalue weighted by atomic mass is 32.1. The van der Waals surface area contributed by atoms with Gasteiger partial charge in [0.05, 0.1) is 22.9 Å². The van der Waals surface area contributed by atoms with Crippen molar-refractivity contribution in [1.82, 2.24) is 9.79 Å². The lowest BCUT2D eigenvalue weighted by Crippen LogP contribution is -2.46. The Labute approximate surface area is 137 Å². The van der Waals surface area contributed by atoms with Crippen LogP contribution in [0.5, 0.6) is 0 Å². The van der Waals surface area contributed by atoms with E-state index < -0.39 is 8.32 Å². The zero-order chi connectivity index (χ0) is 16.5. The van der Waals surface area contributed by atoms with Crippen molar-refractivity contribution in [3.8, 4) is 0 Å². The van der Waals surface area contributed by atoms with E-state index in [1.54, 1.807) is 0 Å². The van der Waals surface area contributed by atoms with E-state index in [1.807, 2.05) is 4.81 Å². The summed E-state index contributed by atoms with van der Waals surface area (Å²) in [4.78, 5) is 29.1. The topological polar surface area (TPSA) is 59.5 Å². The van der Waals surface area contributed by atoms with Crippen LogP contribution in [0.3, 0.4) is 0 Å². The van der Waals surface area contributed by atoms with Crippen molar-refractivity contribution >= 4 is 39.5 Å². The fraction of sp³-hybridized carbons (Fsp3) is 0.643. The molecule has 2 rings (SSSR count). The van der Waals surface area contributed by atoms with Crippen molar-refractivity contribution in [1.29, 1.82) is 0 Å². The lowest BCUT2D eigenvalue weighted by atomic mass is 9.91. The van der Waals surface area contributed by atoms with Gasteiger partial charge in [-0.1, -0.05) is 20.8 Å². The average molecular weight is 337 g/mol. The number of rotatable bonds is 5. The van der Waals surface area contributed by atoms with Crippen LogP contribution in [0.25, 0.3) is 0 Å². The first-order valence-electron chi connectivity index (χ1n) is 7.33. The summed E-state index contributed by atoms with van der Waals surface area (Å²) in [5.74, 6) is 0. The van der Waals surface area contributed by atoms with Gasteiger partial charge < -0.3 is 14.0 Å². The number of fused-ring (bicyclic) bond motifs is 1. The van der Waals surface area contributed by atoms with Gasteiger partial charge in [0, 0.05) is 13.1 Å². The van der Waals surface area contributed by atoms with Gasteiger partial charge in [-0.15, -0.1) is 11.3 Å². The molecule has 1 atom stereocenters. The predicted octanol–water partition coefficient (Wildman–Crippen LogP) is 2.64. The first-order valence-corrected chi connectivity index (χ1v) is 11.1. The Morgan fingerprint density at radius 2 is 2.09 bits per heavy atom. The average Bonchev–Trinajstić information content (AvgIpc) is 2.80. The second-order valence-electron chi connectivity index (χ2n) is 7.06. The molecule has 0 spiro atoms. The number of aromatic nitrogens is 1. The molecule has 1 aromatic heterocycles. The van der Waals surface area contributed by atoms with E-state index in [0.29, 0.717) is 18.1 Å². The van der Waals surface area contributed by atoms with E-state index in [9.17, 15) is 9.59 Å². The molecule has 0 aliphatic carbocycles. The number of carbonyl (C=O) groups excluding carboxylic acids is 2. The molecule has 0 amide bonds. The third-order valence-corrected chi connectivity index (χ3v) is 10.0. The number of nitrogens with zero attached hydrogens (tertiary/aromatic N) is 2. The molecular formula is C14H22BN2O3SSi. The van der Waals surface area contributed by atoms with Crippen molar-refractivity contribution in [3.05, 3.63) is 15.6 Å². The molecule has 1 aliphatic heterocycles. The Bertz CT molecular complexity index is 571. The van der Waals surface area contributed by atoms with Crippen molar-refractivity contribution in [3.63, 3.8) is 0 Å². The Kier molecular flexibility index (Phi) is 5.06. The van der Waals surface area contributed by atoms with E-state index in [4.69, 9.17) is 4.43 Å². The molecule has 0 fully saturated rings. The molecule has 0 saturated heterocycles. The molecule has 2 heterocycles. The van der Waals surface area contributed by atoms with Crippen LogP contribution >= 0.6 is 11.3 Å². The molecule has 8 heteroatoms. The minimum absolute atomic E-state index is 0.0992. The number of thiazole rings is 1. The monoisotopic (exact) mass is 337 g/mol. The molecule has 1 radical (unpaired) electrons. The third-order valence-electron chi connectivity index (χ3n) is 4.41. The molecule has 0 saturated carbocycles. The summed E-state index contributed by atoms with van der Waals surface area (Å²) in [5, 5.41) is 0.573. The second-order valence-corrected chi connectivity index (χ2v) is 12.9. The molecule has 22 heavy (non-hydrogen) atoms. The van der Waals surface area contributed by atoms with Crippen LogP contribution in [0.4, 0.5) is 0 Å². The molecule has 119 valence electrons. The van der Waals surface area contributed by atoms with Crippen LogP contribution in [0.15, 0.2) is 0 Å². The van der Waals surface area contributed by atoms with Crippen LogP contribution in [0, 0.1) is 0 Å². The van der Waals surface area contributed by atoms with Crippen LogP contribution < -0.4 is 0 Å². The summed E-state index contributed by atoms with van der Waals surface area (Å²) >= 11 is 1.40. The van der Waals surface area contributed by atoms with Crippen molar-refractivity contribution in [2.45, 2.75) is 51.6 Å². The molecule has 0 N–H and O–H groups in total. The van der Waals surface area contributed by atoms with Crippen LogP contribution in [0.2, 0.25) is 18.1 Å². The Morgan fingerprint density at radius 3 is 2.64 bits per heavy atom. The van der Waals surface area contributed by atoms with Gasteiger partial charge in [-0.05, 0) is 18.1 Å². The zero-order valence-electron chi connectivity index (χ0n) is 13.8. The van der Waals surface area contributed by atoms with E-state index in [1.165, 1.54) is 18.8 Å². The molecule has 1 unspecified atom stereocenters. The molecule has 0 bridgehead atoms. The summed E-state index contributed by atoms with van der Waals surface area (Å²) in [6.45, 7) is 12.2. The molecule has 1 aliphatic rings. The quantitative estimate of drug-likeness (QED) is 0.611. The van der Waals surface area contributed by atoms with Crippen molar-refractivity contribution < 1.29 is 14.0 Å². The number of carbonyl (C=O) groups is 2. The van der Waals surface area contributed by atoms with Gasteiger partial charge in [-0.2, -0.15) is 0 Å². The van der Waals surface area contributed by atoms with E-state index in [0.717, 1.165) is 23.0 Å². The van der Waals surface area contributed by atoms with Gasteiger partial charge in [-0.3, -0.25) is 4.79 Å². The van der Waals surface area contributed by atoms with Crippen LogP contribution in [-0.4, -0.2) is 44.5 Å². The van der Waals surface area contributed by atoms with Gasteiger partial charge in [0.15, 0.2) is 19.6 Å². The van der Waals surface area contributed by atoms with Crippen molar-refractivity contribution in [2.24, 2.45) is 0 Å². The normalized spacial score (nSPS) is 19.6. The number of aldehydes is 1. The first-order chi connectivity index (χ1) is 10.2. The zero-order valence-corrected chi connectivity index (χ0v) is 15.6. The summed E-state index contributed by atoms with van der Waals surface area (Å²) in [6, 6.07) is 0. The van der Waals surface area contributed by atoms with E-state index in [-0.39, 0.29) is 11.1 Å². The number of hydrogen-bond acceptors (Lipinski definition) is 6. The van der Waals surface area contributed by atoms with Gasteiger partial charge in [-0.25, -0.2) is 4.98 Å². The van der Waals surface area contributed by atoms with Crippen LogP contribution in [-0.2, 0) is 15.8 Å². The van der Waals surface area contributed by atoms with Gasteiger partial charge >= 0.3 is 0 Å². The standard InChI is InChI=1S/C14H22BN2O3SSi/c1-14(2,3)22(4,5)20-11-7-17(15-9-19)6-10-13(11)21-12(8-18)16-10/h8-9,11H,6-7H2,1-5H3. The maximum atomic E-state index is 11.0. The van der Waals surface area contributed by atoms with Crippen LogP contribution in [0.1, 0.15) is 47.2 Å². The predicted molar refractivity (Wildman–Crippen MR) is 91.4 cm³/mol.